The lowest BCUT2D eigenvalue weighted by Crippen LogP contribution is -2.23. The van der Waals surface area contributed by atoms with E-state index in [2.05, 4.69) is 51.5 Å². The molecule has 0 aliphatic rings. The van der Waals surface area contributed by atoms with E-state index in [0.29, 0.717) is 6.04 Å². The van der Waals surface area contributed by atoms with Crippen molar-refractivity contribution in [1.29, 1.82) is 0 Å². The molecule has 0 radical (unpaired) electrons. The first-order chi connectivity index (χ1) is 7.11. The van der Waals surface area contributed by atoms with Crippen LogP contribution in [0.5, 0.6) is 0 Å². The van der Waals surface area contributed by atoms with Gasteiger partial charge in [0.15, 0.2) is 4.60 Å². The molecule has 1 aromatic heterocycles. The van der Waals surface area contributed by atoms with Gasteiger partial charge in [-0.1, -0.05) is 25.1 Å². The van der Waals surface area contributed by atoms with Crippen LogP contribution in [-0.2, 0) is 7.05 Å². The van der Waals surface area contributed by atoms with Crippen molar-refractivity contribution in [3.05, 3.63) is 16.4 Å². The van der Waals surface area contributed by atoms with Crippen LogP contribution in [0.1, 0.15) is 26.0 Å². The van der Waals surface area contributed by atoms with Crippen molar-refractivity contribution in [2.24, 2.45) is 7.05 Å². The van der Waals surface area contributed by atoms with Crippen LogP contribution in [0.4, 0.5) is 0 Å². The van der Waals surface area contributed by atoms with Gasteiger partial charge in [-0.2, -0.15) is 0 Å². The van der Waals surface area contributed by atoms with Gasteiger partial charge in [0.25, 0.3) is 0 Å². The average Bonchev–Trinajstić information content (AvgIpc) is 2.47. The van der Waals surface area contributed by atoms with Gasteiger partial charge in [0, 0.05) is 13.1 Å². The maximum Gasteiger partial charge on any atom is 0.155 e. The molecule has 0 spiro atoms. The Bertz CT molecular complexity index is 311. The third-order valence-electron chi connectivity index (χ3n) is 1.97. The highest BCUT2D eigenvalue weighted by atomic mass is 79.9. The van der Waals surface area contributed by atoms with Crippen LogP contribution in [-0.4, -0.2) is 27.6 Å². The number of hydrogen-bond donors (Lipinski definition) is 1. The smallest absolute Gasteiger partial charge is 0.155 e. The molecule has 1 aromatic rings. The summed E-state index contributed by atoms with van der Waals surface area (Å²) >= 11 is 3.35. The molecule has 0 aliphatic carbocycles. The van der Waals surface area contributed by atoms with Crippen LogP contribution in [0.15, 0.2) is 10.7 Å². The topological polar surface area (TPSA) is 42.7 Å². The zero-order valence-electron chi connectivity index (χ0n) is 9.37. The second kappa shape index (κ2) is 6.02. The fourth-order valence-corrected chi connectivity index (χ4v) is 1.63. The van der Waals surface area contributed by atoms with E-state index in [9.17, 15) is 0 Å². The Morgan fingerprint density at radius 3 is 2.80 bits per heavy atom. The van der Waals surface area contributed by atoms with Gasteiger partial charge < -0.3 is 5.32 Å². The molecular formula is C10H17BrN4. The molecule has 0 aromatic carbocycles. The normalized spacial score (nSPS) is 11.8. The summed E-state index contributed by atoms with van der Waals surface area (Å²) in [5, 5.41) is 11.2. The molecule has 1 rings (SSSR count). The van der Waals surface area contributed by atoms with E-state index in [1.54, 1.807) is 4.68 Å². The predicted molar refractivity (Wildman–Crippen MR) is 65.5 cm³/mol. The average molecular weight is 273 g/mol. The van der Waals surface area contributed by atoms with Crippen molar-refractivity contribution in [2.45, 2.75) is 26.3 Å². The Labute approximate surface area is 98.9 Å². The summed E-state index contributed by atoms with van der Waals surface area (Å²) in [6, 6.07) is 0.545. The Morgan fingerprint density at radius 2 is 2.27 bits per heavy atom. The van der Waals surface area contributed by atoms with E-state index in [1.807, 2.05) is 13.1 Å². The van der Waals surface area contributed by atoms with Crippen molar-refractivity contribution in [2.75, 3.05) is 6.54 Å². The van der Waals surface area contributed by atoms with Gasteiger partial charge in [0.05, 0.1) is 5.69 Å². The molecule has 5 heteroatoms. The first-order valence-corrected chi connectivity index (χ1v) is 5.85. The first kappa shape index (κ1) is 12.4. The summed E-state index contributed by atoms with van der Waals surface area (Å²) in [5.41, 5.74) is 1.000. The SMILES string of the molecule is CC(C)NCC/C=C/c1c(Br)nnn1C. The highest BCUT2D eigenvalue weighted by molar-refractivity contribution is 9.10. The van der Waals surface area contributed by atoms with Gasteiger partial charge >= 0.3 is 0 Å². The molecule has 0 saturated carbocycles. The number of nitrogens with zero attached hydrogens (tertiary/aromatic N) is 3. The highest BCUT2D eigenvalue weighted by Crippen LogP contribution is 2.13. The maximum absolute atomic E-state index is 3.91. The monoisotopic (exact) mass is 272 g/mol. The fourth-order valence-electron chi connectivity index (χ4n) is 1.17. The molecule has 15 heavy (non-hydrogen) atoms. The second-order valence-electron chi connectivity index (χ2n) is 3.69. The van der Waals surface area contributed by atoms with Crippen LogP contribution in [0, 0.1) is 0 Å². The number of hydrogen-bond acceptors (Lipinski definition) is 3. The van der Waals surface area contributed by atoms with Crippen molar-refractivity contribution >= 4 is 22.0 Å². The lowest BCUT2D eigenvalue weighted by atomic mass is 10.3. The van der Waals surface area contributed by atoms with Gasteiger partial charge in [-0.05, 0) is 35.0 Å². The molecule has 4 nitrogen and oxygen atoms in total. The molecule has 0 fully saturated rings. The summed E-state index contributed by atoms with van der Waals surface area (Å²) in [6.07, 6.45) is 5.17. The van der Waals surface area contributed by atoms with Crippen LogP contribution in [0.25, 0.3) is 6.08 Å². The van der Waals surface area contributed by atoms with E-state index >= 15 is 0 Å². The number of nitrogens with one attached hydrogen (secondary N) is 1. The molecular weight excluding hydrogens is 256 g/mol. The molecule has 1 N–H and O–H groups in total. The standard InChI is InChI=1S/C10H17BrN4/c1-8(2)12-7-5-4-6-9-10(11)13-14-15(9)3/h4,6,8,12H,5,7H2,1-3H3/b6-4+. The number of halogens is 1. The Morgan fingerprint density at radius 1 is 1.53 bits per heavy atom. The zero-order chi connectivity index (χ0) is 11.3. The van der Waals surface area contributed by atoms with Crippen LogP contribution in [0.2, 0.25) is 0 Å². The van der Waals surface area contributed by atoms with Gasteiger partial charge in [-0.15, -0.1) is 5.10 Å². The Balaban J connectivity index is 2.38. The number of rotatable bonds is 5. The minimum absolute atomic E-state index is 0.545. The predicted octanol–water partition coefficient (Wildman–Crippen LogP) is 1.98. The molecule has 0 atom stereocenters. The van der Waals surface area contributed by atoms with Crippen LogP contribution >= 0.6 is 15.9 Å². The maximum atomic E-state index is 3.91. The summed E-state index contributed by atoms with van der Waals surface area (Å²) in [6.45, 7) is 5.29. The lowest BCUT2D eigenvalue weighted by molar-refractivity contribution is 0.595. The van der Waals surface area contributed by atoms with Crippen molar-refractivity contribution < 1.29 is 0 Å². The van der Waals surface area contributed by atoms with Crippen molar-refractivity contribution in [3.8, 4) is 0 Å². The lowest BCUT2D eigenvalue weighted by Gasteiger charge is -2.04. The summed E-state index contributed by atoms with van der Waals surface area (Å²) in [4.78, 5) is 0. The van der Waals surface area contributed by atoms with E-state index < -0.39 is 0 Å². The molecule has 0 aliphatic heterocycles. The van der Waals surface area contributed by atoms with Crippen molar-refractivity contribution in [1.82, 2.24) is 20.3 Å². The molecule has 1 heterocycles. The molecule has 84 valence electrons. The Kier molecular flexibility index (Phi) is 4.98. The minimum atomic E-state index is 0.545. The number of aryl methyl sites for hydroxylation is 1. The summed E-state index contributed by atoms with van der Waals surface area (Å²) in [5.74, 6) is 0. The first-order valence-electron chi connectivity index (χ1n) is 5.06. The number of aromatic nitrogens is 3. The van der Waals surface area contributed by atoms with Gasteiger partial charge in [-0.25, -0.2) is 4.68 Å². The molecule has 0 saturated heterocycles. The summed E-state index contributed by atoms with van der Waals surface area (Å²) < 4.78 is 2.54. The highest BCUT2D eigenvalue weighted by Gasteiger charge is 2.02. The molecule has 0 bridgehead atoms. The van der Waals surface area contributed by atoms with E-state index in [1.165, 1.54) is 0 Å². The van der Waals surface area contributed by atoms with Gasteiger partial charge in [-0.3, -0.25) is 0 Å². The Hall–Kier alpha value is -0.680. The largest absolute Gasteiger partial charge is 0.314 e. The second-order valence-corrected chi connectivity index (χ2v) is 4.44. The molecule has 0 unspecified atom stereocenters. The van der Waals surface area contributed by atoms with Crippen LogP contribution < -0.4 is 5.32 Å². The zero-order valence-corrected chi connectivity index (χ0v) is 11.0. The van der Waals surface area contributed by atoms with Crippen molar-refractivity contribution in [3.63, 3.8) is 0 Å². The quantitative estimate of drug-likeness (QED) is 0.834. The minimum Gasteiger partial charge on any atom is -0.314 e. The molecule has 0 amide bonds. The van der Waals surface area contributed by atoms with E-state index in [4.69, 9.17) is 0 Å². The van der Waals surface area contributed by atoms with Crippen LogP contribution in [0.3, 0.4) is 0 Å². The summed E-state index contributed by atoms with van der Waals surface area (Å²) in [7, 11) is 1.88. The fraction of sp³-hybridized carbons (Fsp3) is 0.600. The third-order valence-corrected chi connectivity index (χ3v) is 2.53. The van der Waals surface area contributed by atoms with Gasteiger partial charge in [0.2, 0.25) is 0 Å². The third kappa shape index (κ3) is 4.13. The van der Waals surface area contributed by atoms with E-state index in [-0.39, 0.29) is 0 Å². The van der Waals surface area contributed by atoms with E-state index in [0.717, 1.165) is 23.3 Å². The van der Waals surface area contributed by atoms with Gasteiger partial charge in [0.1, 0.15) is 0 Å².